The molecule has 1 atom stereocenters. The van der Waals surface area contributed by atoms with Gasteiger partial charge in [-0.05, 0) is 48.9 Å². The lowest BCUT2D eigenvalue weighted by Crippen LogP contribution is -2.41. The van der Waals surface area contributed by atoms with Gasteiger partial charge < -0.3 is 9.15 Å². The Morgan fingerprint density at radius 3 is 2.43 bits per heavy atom. The maximum Gasteiger partial charge on any atom is 0.434 e. The second-order valence-corrected chi connectivity index (χ2v) is 10.3. The first kappa shape index (κ1) is 29.4. The van der Waals surface area contributed by atoms with E-state index < -0.39 is 46.8 Å². The number of hydrogen-bond donors (Lipinski definition) is 0. The standard InChI is InChI=1S/C28H17ClF6N2O4S/c1-2-40-25(39)21-22(14-6-8-17(29)9-7-14)37-24(38)20(42-26(37)36-23(21)28(33,34)35)13-18-10-11-19(41-18)15-4-3-5-16(12-15)27(30,31)32/h3-13,22H,2H2,1H3/b20-13-/t22-/m0/s1. The monoisotopic (exact) mass is 626 g/mol. The van der Waals surface area contributed by atoms with Crippen LogP contribution in [-0.2, 0) is 15.7 Å². The molecule has 0 radical (unpaired) electrons. The van der Waals surface area contributed by atoms with E-state index in [0.29, 0.717) is 11.3 Å². The SMILES string of the molecule is CCOC(=O)C1=C(C(F)(F)F)N=c2s/c(=C\c3ccc(-c4cccc(C(F)(F)F)c4)o3)c(=O)n2[C@H]1c1ccc(Cl)cc1. The van der Waals surface area contributed by atoms with Gasteiger partial charge in [0.15, 0.2) is 10.5 Å². The lowest BCUT2D eigenvalue weighted by Gasteiger charge is -2.26. The summed E-state index contributed by atoms with van der Waals surface area (Å²) in [5, 5.41) is 0.276. The predicted octanol–water partition coefficient (Wildman–Crippen LogP) is 6.27. The molecule has 1 aliphatic heterocycles. The number of thiazole rings is 1. The number of aromatic nitrogens is 1. The summed E-state index contributed by atoms with van der Waals surface area (Å²) in [4.78, 5) is 29.8. The van der Waals surface area contributed by atoms with E-state index in [-0.39, 0.29) is 43.6 Å². The van der Waals surface area contributed by atoms with Crippen LogP contribution in [0, 0.1) is 0 Å². The van der Waals surface area contributed by atoms with E-state index in [0.717, 1.165) is 16.7 Å². The van der Waals surface area contributed by atoms with Crippen LogP contribution in [0.2, 0.25) is 5.02 Å². The van der Waals surface area contributed by atoms with Crippen molar-refractivity contribution in [2.45, 2.75) is 25.3 Å². The number of benzene rings is 2. The third-order valence-corrected chi connectivity index (χ3v) is 7.39. The fraction of sp³-hybridized carbons (Fsp3) is 0.179. The minimum atomic E-state index is -5.07. The van der Waals surface area contributed by atoms with Crippen LogP contribution in [0.3, 0.4) is 0 Å². The zero-order valence-corrected chi connectivity index (χ0v) is 22.8. The zero-order valence-electron chi connectivity index (χ0n) is 21.2. The summed E-state index contributed by atoms with van der Waals surface area (Å²) in [6, 6.07) is 11.3. The minimum absolute atomic E-state index is 0.0522. The van der Waals surface area contributed by atoms with E-state index in [1.165, 1.54) is 61.5 Å². The summed E-state index contributed by atoms with van der Waals surface area (Å²) in [5.41, 5.74) is -3.75. The fourth-order valence-corrected chi connectivity index (χ4v) is 5.47. The number of hydrogen-bond acceptors (Lipinski definition) is 6. The van der Waals surface area contributed by atoms with Gasteiger partial charge in [-0.3, -0.25) is 9.36 Å². The molecule has 0 fully saturated rings. The highest BCUT2D eigenvalue weighted by Crippen LogP contribution is 2.38. The number of carbonyl (C=O) groups excluding carboxylic acids is 1. The highest BCUT2D eigenvalue weighted by atomic mass is 35.5. The van der Waals surface area contributed by atoms with Crippen LogP contribution in [-0.4, -0.2) is 23.3 Å². The maximum absolute atomic E-state index is 14.2. The van der Waals surface area contributed by atoms with E-state index in [9.17, 15) is 35.9 Å². The Labute approximate surface area is 241 Å². The summed E-state index contributed by atoms with van der Waals surface area (Å²) in [7, 11) is 0. The zero-order chi connectivity index (χ0) is 30.4. The van der Waals surface area contributed by atoms with Gasteiger partial charge in [-0.2, -0.15) is 26.3 Å². The van der Waals surface area contributed by atoms with Crippen LogP contribution < -0.4 is 14.9 Å². The molecule has 4 aromatic rings. The van der Waals surface area contributed by atoms with Crippen LogP contribution >= 0.6 is 22.9 Å². The van der Waals surface area contributed by atoms with Gasteiger partial charge >= 0.3 is 18.3 Å². The molecule has 0 aliphatic carbocycles. The number of allylic oxidation sites excluding steroid dienone is 1. The molecule has 42 heavy (non-hydrogen) atoms. The summed E-state index contributed by atoms with van der Waals surface area (Å²) in [5.74, 6) is -1.17. The number of fused-ring (bicyclic) bond motifs is 1. The van der Waals surface area contributed by atoms with E-state index >= 15 is 0 Å². The van der Waals surface area contributed by atoms with Crippen LogP contribution in [0.1, 0.15) is 29.9 Å². The molecule has 5 rings (SSSR count). The quantitative estimate of drug-likeness (QED) is 0.193. The van der Waals surface area contributed by atoms with E-state index in [1.54, 1.807) is 0 Å². The van der Waals surface area contributed by atoms with Crippen molar-refractivity contribution in [3.63, 3.8) is 0 Å². The average Bonchev–Trinajstić information content (AvgIpc) is 3.52. The van der Waals surface area contributed by atoms with Crippen molar-refractivity contribution in [2.75, 3.05) is 6.61 Å². The Balaban J connectivity index is 1.67. The van der Waals surface area contributed by atoms with Crippen molar-refractivity contribution in [3.8, 4) is 11.3 Å². The van der Waals surface area contributed by atoms with Gasteiger partial charge in [-0.15, -0.1) is 0 Å². The minimum Gasteiger partial charge on any atom is -0.463 e. The molecule has 2 aromatic carbocycles. The Bertz CT molecular complexity index is 1880. The second-order valence-electron chi connectivity index (χ2n) is 8.90. The van der Waals surface area contributed by atoms with Crippen LogP contribution in [0.25, 0.3) is 17.4 Å². The lowest BCUT2D eigenvalue weighted by atomic mass is 9.95. The number of nitrogens with zero attached hydrogens (tertiary/aromatic N) is 2. The van der Waals surface area contributed by atoms with Crippen LogP contribution in [0.5, 0.6) is 0 Å². The van der Waals surface area contributed by atoms with Crippen molar-refractivity contribution < 1.29 is 40.3 Å². The highest BCUT2D eigenvalue weighted by molar-refractivity contribution is 7.07. The Kier molecular flexibility index (Phi) is 7.66. The molecule has 1 aliphatic rings. The van der Waals surface area contributed by atoms with Gasteiger partial charge in [0, 0.05) is 16.7 Å². The number of halogens is 7. The van der Waals surface area contributed by atoms with Crippen LogP contribution in [0.4, 0.5) is 26.3 Å². The molecule has 0 saturated carbocycles. The van der Waals surface area contributed by atoms with Crippen molar-refractivity contribution >= 4 is 35.0 Å². The summed E-state index contributed by atoms with van der Waals surface area (Å²) in [6.07, 6.45) is -8.40. The smallest absolute Gasteiger partial charge is 0.434 e. The Hall–Kier alpha value is -4.10. The number of esters is 1. The number of alkyl halides is 6. The molecular formula is C28H17ClF6N2O4S. The van der Waals surface area contributed by atoms with Crippen LogP contribution in [0.15, 0.2) is 86.1 Å². The van der Waals surface area contributed by atoms with Gasteiger partial charge in [-0.1, -0.05) is 47.2 Å². The third kappa shape index (κ3) is 5.66. The first-order valence-electron chi connectivity index (χ1n) is 12.1. The largest absolute Gasteiger partial charge is 0.463 e. The molecule has 0 N–H and O–H groups in total. The van der Waals surface area contributed by atoms with Gasteiger partial charge in [0.2, 0.25) is 0 Å². The van der Waals surface area contributed by atoms with Gasteiger partial charge in [-0.25, -0.2) is 9.79 Å². The molecule has 0 amide bonds. The molecule has 218 valence electrons. The first-order valence-corrected chi connectivity index (χ1v) is 13.3. The molecule has 0 bridgehead atoms. The summed E-state index contributed by atoms with van der Waals surface area (Å²) >= 11 is 6.59. The number of carbonyl (C=O) groups is 1. The van der Waals surface area contributed by atoms with Crippen molar-refractivity contribution in [2.24, 2.45) is 4.99 Å². The molecule has 0 spiro atoms. The van der Waals surface area contributed by atoms with E-state index in [2.05, 4.69) is 4.99 Å². The summed E-state index contributed by atoms with van der Waals surface area (Å²) < 4.78 is 93.5. The Morgan fingerprint density at radius 1 is 1.07 bits per heavy atom. The molecule has 6 nitrogen and oxygen atoms in total. The number of rotatable bonds is 5. The molecule has 0 saturated heterocycles. The normalized spacial score (nSPS) is 15.9. The van der Waals surface area contributed by atoms with Gasteiger partial charge in [0.05, 0.1) is 28.3 Å². The topological polar surface area (TPSA) is 73.8 Å². The average molecular weight is 627 g/mol. The predicted molar refractivity (Wildman–Crippen MR) is 141 cm³/mol. The highest BCUT2D eigenvalue weighted by Gasteiger charge is 2.45. The van der Waals surface area contributed by atoms with E-state index in [1.807, 2.05) is 0 Å². The summed E-state index contributed by atoms with van der Waals surface area (Å²) in [6.45, 7) is 1.20. The van der Waals surface area contributed by atoms with Gasteiger partial charge in [0.25, 0.3) is 5.56 Å². The van der Waals surface area contributed by atoms with Crippen molar-refractivity contribution in [1.29, 1.82) is 0 Å². The lowest BCUT2D eigenvalue weighted by molar-refractivity contribution is -0.140. The third-order valence-electron chi connectivity index (χ3n) is 6.16. The molecule has 3 heterocycles. The van der Waals surface area contributed by atoms with E-state index in [4.69, 9.17) is 20.8 Å². The van der Waals surface area contributed by atoms with Crippen molar-refractivity contribution in [3.05, 3.63) is 114 Å². The Morgan fingerprint density at radius 2 is 1.79 bits per heavy atom. The van der Waals surface area contributed by atoms with Gasteiger partial charge in [0.1, 0.15) is 11.5 Å². The number of furan rings is 1. The molecular weight excluding hydrogens is 610 g/mol. The fourth-order valence-electron chi connectivity index (χ4n) is 4.36. The molecule has 2 aromatic heterocycles. The second kappa shape index (κ2) is 11.0. The molecule has 0 unspecified atom stereocenters. The van der Waals surface area contributed by atoms with Crippen molar-refractivity contribution in [1.82, 2.24) is 4.57 Å². The first-order chi connectivity index (χ1) is 19.8. The maximum atomic E-state index is 14.2. The molecule has 14 heteroatoms. The number of ether oxygens (including phenoxy) is 1.